The third-order valence-electron chi connectivity index (χ3n) is 5.26. The molecule has 0 aliphatic carbocycles. The van der Waals surface area contributed by atoms with Gasteiger partial charge in [0.2, 0.25) is 5.91 Å². The van der Waals surface area contributed by atoms with E-state index in [9.17, 15) is 23.2 Å². The van der Waals surface area contributed by atoms with Crippen LogP contribution in [0.3, 0.4) is 0 Å². The van der Waals surface area contributed by atoms with Crippen LogP contribution in [0.2, 0.25) is 0 Å². The minimum Gasteiger partial charge on any atom is -0.444 e. The molecule has 1 unspecified atom stereocenters. The van der Waals surface area contributed by atoms with E-state index in [1.54, 1.807) is 50.4 Å². The maximum absolute atomic E-state index is 14.5. The van der Waals surface area contributed by atoms with Gasteiger partial charge in [-0.25, -0.2) is 18.4 Å². The highest BCUT2D eigenvalue weighted by Crippen LogP contribution is 2.50. The van der Waals surface area contributed by atoms with Crippen molar-refractivity contribution in [3.05, 3.63) is 81.5 Å². The van der Waals surface area contributed by atoms with Gasteiger partial charge in [-0.3, -0.25) is 4.79 Å². The molecule has 0 saturated heterocycles. The van der Waals surface area contributed by atoms with Gasteiger partial charge in [-0.05, 0) is 56.0 Å². The fourth-order valence-electron chi connectivity index (χ4n) is 3.88. The summed E-state index contributed by atoms with van der Waals surface area (Å²) >= 11 is 1.30. The highest BCUT2D eigenvalue weighted by Gasteiger charge is 2.51. The second kappa shape index (κ2) is 11.7. The summed E-state index contributed by atoms with van der Waals surface area (Å²) in [6, 6.07) is 12.0. The van der Waals surface area contributed by atoms with Crippen molar-refractivity contribution < 1.29 is 32.6 Å². The normalized spacial score (nSPS) is 16.0. The number of amides is 2. The first-order valence-corrected chi connectivity index (χ1v) is 12.9. The number of esters is 1. The largest absolute Gasteiger partial charge is 0.444 e. The second-order valence-electron chi connectivity index (χ2n) is 9.53. The van der Waals surface area contributed by atoms with E-state index in [-0.39, 0.29) is 17.0 Å². The smallest absolute Gasteiger partial charge is 0.408 e. The van der Waals surface area contributed by atoms with Crippen LogP contribution < -0.4 is 15.4 Å². The number of nitrogens with one attached hydrogen (secondary N) is 2. The fourth-order valence-corrected chi connectivity index (χ4v) is 4.84. The zero-order valence-corrected chi connectivity index (χ0v) is 22.6. The van der Waals surface area contributed by atoms with Crippen molar-refractivity contribution >= 4 is 35.0 Å². The van der Waals surface area contributed by atoms with Gasteiger partial charge in [0.15, 0.2) is 11.6 Å². The lowest BCUT2D eigenvalue weighted by Crippen LogP contribution is -2.37. The molecule has 0 radical (unpaired) electrons. The first kappa shape index (κ1) is 28.8. The SMILES string of the molecule is CC(C)(C)OC(=O)NCC(=O)Oc1ccc(C2(c3cccs3)C(=O)Nc3c2ccc(F)c3F)cc1.CCC. The van der Waals surface area contributed by atoms with Gasteiger partial charge in [-0.2, -0.15) is 0 Å². The average molecular weight is 545 g/mol. The molecule has 1 atom stereocenters. The molecule has 2 heterocycles. The zero-order chi connectivity index (χ0) is 28.1. The zero-order valence-electron chi connectivity index (χ0n) is 21.8. The number of carbonyl (C=O) groups excluding carboxylic acids is 3. The van der Waals surface area contributed by atoms with Crippen LogP contribution in [0.25, 0.3) is 0 Å². The molecule has 0 fully saturated rings. The fraction of sp³-hybridized carbons (Fsp3) is 0.321. The number of fused-ring (bicyclic) bond motifs is 1. The van der Waals surface area contributed by atoms with E-state index in [4.69, 9.17) is 9.47 Å². The summed E-state index contributed by atoms with van der Waals surface area (Å²) in [7, 11) is 0. The van der Waals surface area contributed by atoms with E-state index in [1.165, 1.54) is 36.0 Å². The van der Waals surface area contributed by atoms with Crippen molar-refractivity contribution in [1.82, 2.24) is 5.32 Å². The number of hydrogen-bond donors (Lipinski definition) is 2. The number of ether oxygens (including phenoxy) is 2. The number of hydrogen-bond acceptors (Lipinski definition) is 6. The Kier molecular flexibility index (Phi) is 8.88. The molecule has 0 spiro atoms. The Labute approximate surface area is 224 Å². The Morgan fingerprint density at radius 1 is 1.05 bits per heavy atom. The first-order chi connectivity index (χ1) is 17.9. The minimum atomic E-state index is -1.40. The molecule has 0 bridgehead atoms. The lowest BCUT2D eigenvalue weighted by atomic mass is 9.74. The predicted octanol–water partition coefficient (Wildman–Crippen LogP) is 6.16. The molecule has 3 aromatic rings. The first-order valence-electron chi connectivity index (χ1n) is 12.1. The van der Waals surface area contributed by atoms with E-state index in [0.717, 1.165) is 6.07 Å². The lowest BCUT2D eigenvalue weighted by molar-refractivity contribution is -0.133. The highest BCUT2D eigenvalue weighted by atomic mass is 32.1. The average Bonchev–Trinajstić information content (AvgIpc) is 3.47. The molecule has 1 aromatic heterocycles. The summed E-state index contributed by atoms with van der Waals surface area (Å²) < 4.78 is 38.7. The van der Waals surface area contributed by atoms with Gasteiger partial charge >= 0.3 is 12.1 Å². The molecule has 10 heteroatoms. The molecular weight excluding hydrogens is 514 g/mol. The van der Waals surface area contributed by atoms with Gasteiger partial charge in [0.25, 0.3) is 0 Å². The van der Waals surface area contributed by atoms with E-state index in [0.29, 0.717) is 10.4 Å². The number of rotatable bonds is 5. The molecule has 38 heavy (non-hydrogen) atoms. The topological polar surface area (TPSA) is 93.7 Å². The molecule has 1 aliphatic heterocycles. The third-order valence-corrected chi connectivity index (χ3v) is 6.25. The van der Waals surface area contributed by atoms with E-state index in [1.807, 2.05) is 0 Å². The molecule has 2 amide bonds. The van der Waals surface area contributed by atoms with E-state index in [2.05, 4.69) is 24.5 Å². The van der Waals surface area contributed by atoms with E-state index < -0.39 is 47.2 Å². The number of anilines is 1. The summed E-state index contributed by atoms with van der Waals surface area (Å²) in [6.45, 7) is 8.94. The van der Waals surface area contributed by atoms with Crippen LogP contribution in [0.5, 0.6) is 5.75 Å². The van der Waals surface area contributed by atoms with Gasteiger partial charge in [0.05, 0.1) is 5.69 Å². The maximum Gasteiger partial charge on any atom is 0.408 e. The Balaban J connectivity index is 0.00000127. The summed E-state index contributed by atoms with van der Waals surface area (Å²) in [5.41, 5.74) is -1.54. The van der Waals surface area contributed by atoms with Crippen molar-refractivity contribution in [3.63, 3.8) is 0 Å². The van der Waals surface area contributed by atoms with Crippen molar-refractivity contribution in [2.75, 3.05) is 11.9 Å². The minimum absolute atomic E-state index is 0.176. The van der Waals surface area contributed by atoms with Crippen LogP contribution in [-0.4, -0.2) is 30.1 Å². The Morgan fingerprint density at radius 2 is 1.71 bits per heavy atom. The van der Waals surface area contributed by atoms with Crippen molar-refractivity contribution in [3.8, 4) is 5.75 Å². The maximum atomic E-state index is 14.5. The Bertz CT molecular complexity index is 1300. The van der Waals surface area contributed by atoms with Crippen LogP contribution in [0, 0.1) is 11.6 Å². The number of thiophene rings is 1. The molecule has 4 rings (SSSR count). The predicted molar refractivity (Wildman–Crippen MR) is 141 cm³/mol. The van der Waals surface area contributed by atoms with Crippen molar-refractivity contribution in [1.29, 1.82) is 0 Å². The van der Waals surface area contributed by atoms with Gasteiger partial charge in [0.1, 0.15) is 23.3 Å². The standard InChI is InChI=1S/C25H22F2N2O5S.C3H8/c1-24(2,3)34-23(32)28-13-19(30)33-15-8-6-14(7-9-15)25(18-5-4-12-35-18)16-10-11-17(26)20(27)21(16)29-22(25)31;1-3-2/h4-12H,13H2,1-3H3,(H,28,32)(H,29,31);3H2,1-2H3. The molecular formula is C28H30F2N2O5S. The van der Waals surface area contributed by atoms with Gasteiger partial charge < -0.3 is 20.1 Å². The van der Waals surface area contributed by atoms with Gasteiger partial charge in [-0.1, -0.05) is 44.5 Å². The number of halogens is 2. The van der Waals surface area contributed by atoms with Crippen LogP contribution in [0.4, 0.5) is 19.3 Å². The summed E-state index contributed by atoms with van der Waals surface area (Å²) in [6.07, 6.45) is 0.497. The molecule has 1 aliphatic rings. The lowest BCUT2D eigenvalue weighted by Gasteiger charge is -2.27. The number of benzene rings is 2. The highest BCUT2D eigenvalue weighted by molar-refractivity contribution is 7.10. The Morgan fingerprint density at radius 3 is 2.29 bits per heavy atom. The van der Waals surface area contributed by atoms with Crippen molar-refractivity contribution in [2.45, 2.75) is 52.1 Å². The molecule has 202 valence electrons. The quantitative estimate of drug-likeness (QED) is 0.296. The van der Waals surface area contributed by atoms with Crippen LogP contribution in [0.1, 0.15) is 57.0 Å². The molecule has 0 saturated carbocycles. The second-order valence-corrected chi connectivity index (χ2v) is 10.5. The van der Waals surface area contributed by atoms with Crippen LogP contribution in [-0.2, 0) is 19.7 Å². The summed E-state index contributed by atoms with van der Waals surface area (Å²) in [5.74, 6) is -3.26. The summed E-state index contributed by atoms with van der Waals surface area (Å²) in [4.78, 5) is 37.7. The van der Waals surface area contributed by atoms with Gasteiger partial charge in [0, 0.05) is 10.4 Å². The molecule has 7 nitrogen and oxygen atoms in total. The van der Waals surface area contributed by atoms with Crippen molar-refractivity contribution in [2.24, 2.45) is 0 Å². The molecule has 2 aromatic carbocycles. The third kappa shape index (κ3) is 6.02. The van der Waals surface area contributed by atoms with Gasteiger partial charge in [-0.15, -0.1) is 11.3 Å². The number of alkyl carbamates (subject to hydrolysis) is 1. The van der Waals surface area contributed by atoms with Crippen LogP contribution >= 0.6 is 11.3 Å². The monoisotopic (exact) mass is 544 g/mol. The number of carbonyl (C=O) groups is 3. The molecule has 2 N–H and O–H groups in total. The summed E-state index contributed by atoms with van der Waals surface area (Å²) in [5, 5.41) is 6.59. The van der Waals surface area contributed by atoms with E-state index >= 15 is 0 Å². The Hall–Kier alpha value is -3.79. The van der Waals surface area contributed by atoms with Crippen LogP contribution in [0.15, 0.2) is 53.9 Å².